The SMILES string of the molecule is CCCCCCCCCCCCCCCC=CC=C(C=CCCCCCCCCCCCCCCCC)C(C=CCCCCCCCCCCCCCCCCC)(C=CCCCCCCCCCCCCCCCCCC)CCCCCCCCCCCCC. The minimum atomic E-state index is -0.0321. The van der Waals surface area contributed by atoms with E-state index in [9.17, 15) is 0 Å². The monoisotopic (exact) mass is 1250 g/mol. The summed E-state index contributed by atoms with van der Waals surface area (Å²) < 4.78 is 0. The minimum absolute atomic E-state index is 0.0321. The van der Waals surface area contributed by atoms with Crippen LogP contribution < -0.4 is 0 Å². The van der Waals surface area contributed by atoms with Gasteiger partial charge in [0.1, 0.15) is 0 Å². The standard InChI is InChI=1S/C90H172/c1-6-11-16-21-26-31-36-40-44-48-50-54-58-63-68-73-78-83-88-90(86-81-76-71-66-61-35-30-25-20-15-10-5,87-82-77-72-67-62-57-53-49-45-41-37-32-27-22-17-12-7-2)89(84-79-74-69-64-59-55-51-46-42-38-33-28-23-18-13-8-3)85-80-75-70-65-60-56-52-47-43-39-34-29-24-19-14-9-4/h74,79-80,82-85,87-88H,6-73,75-78,81,86H2,1-5H3. The van der Waals surface area contributed by atoms with Gasteiger partial charge in [0.15, 0.2) is 0 Å². The van der Waals surface area contributed by atoms with Crippen molar-refractivity contribution in [1.29, 1.82) is 0 Å². The van der Waals surface area contributed by atoms with Crippen LogP contribution in [0.4, 0.5) is 0 Å². The maximum atomic E-state index is 2.76. The van der Waals surface area contributed by atoms with E-state index in [2.05, 4.69) is 89.3 Å². The molecule has 0 aliphatic rings. The Morgan fingerprint density at radius 2 is 0.367 bits per heavy atom. The largest absolute Gasteiger partial charge is 0.0873 e. The van der Waals surface area contributed by atoms with Gasteiger partial charge < -0.3 is 0 Å². The Hall–Kier alpha value is -1.30. The Balaban J connectivity index is 6.18. The Morgan fingerprint density at radius 1 is 0.189 bits per heavy atom. The van der Waals surface area contributed by atoms with Crippen LogP contribution in [0, 0.1) is 5.41 Å². The van der Waals surface area contributed by atoms with Gasteiger partial charge in [-0.3, -0.25) is 0 Å². The van der Waals surface area contributed by atoms with Gasteiger partial charge in [-0.05, 0) is 63.4 Å². The average molecular weight is 1250 g/mol. The van der Waals surface area contributed by atoms with E-state index in [1.807, 2.05) is 0 Å². The molecule has 0 saturated heterocycles. The van der Waals surface area contributed by atoms with Crippen molar-refractivity contribution >= 4 is 0 Å². The molecule has 90 heavy (non-hydrogen) atoms. The Bertz CT molecular complexity index is 1440. The molecule has 0 aromatic rings. The molecule has 1 atom stereocenters. The van der Waals surface area contributed by atoms with Crippen LogP contribution in [-0.2, 0) is 0 Å². The number of rotatable bonds is 79. The molecule has 0 bridgehead atoms. The Morgan fingerprint density at radius 3 is 0.589 bits per heavy atom. The van der Waals surface area contributed by atoms with Gasteiger partial charge in [-0.25, -0.2) is 0 Å². The highest BCUT2D eigenvalue weighted by Gasteiger charge is 2.27. The fraction of sp³-hybridized carbons (Fsp3) is 0.889. The van der Waals surface area contributed by atoms with Crippen molar-refractivity contribution in [2.75, 3.05) is 0 Å². The summed E-state index contributed by atoms with van der Waals surface area (Å²) in [6, 6.07) is 0. The van der Waals surface area contributed by atoms with E-state index >= 15 is 0 Å². The van der Waals surface area contributed by atoms with Crippen LogP contribution in [0.15, 0.2) is 60.3 Å². The molecule has 1 unspecified atom stereocenters. The van der Waals surface area contributed by atoms with Gasteiger partial charge in [-0.2, -0.15) is 0 Å². The van der Waals surface area contributed by atoms with Crippen LogP contribution in [-0.4, -0.2) is 0 Å². The molecule has 0 aliphatic carbocycles. The lowest BCUT2D eigenvalue weighted by atomic mass is 9.74. The van der Waals surface area contributed by atoms with Crippen LogP contribution in [0.5, 0.6) is 0 Å². The molecule has 0 aliphatic heterocycles. The summed E-state index contributed by atoms with van der Waals surface area (Å²) in [5.41, 5.74) is 1.54. The first-order chi connectivity index (χ1) is 44.7. The third-order valence-corrected chi connectivity index (χ3v) is 20.7. The quantitative estimate of drug-likeness (QED) is 0.0323. The molecule has 0 fully saturated rings. The third-order valence-electron chi connectivity index (χ3n) is 20.7. The molecule has 0 heterocycles. The van der Waals surface area contributed by atoms with Gasteiger partial charge in [-0.1, -0.05) is 507 Å². The zero-order valence-corrected chi connectivity index (χ0v) is 63.5. The van der Waals surface area contributed by atoms with E-state index in [1.54, 1.807) is 5.57 Å². The van der Waals surface area contributed by atoms with Crippen molar-refractivity contribution in [2.45, 2.75) is 510 Å². The van der Waals surface area contributed by atoms with Crippen LogP contribution in [0.25, 0.3) is 0 Å². The zero-order chi connectivity index (χ0) is 64.8. The summed E-state index contributed by atoms with van der Waals surface area (Å²) in [6.45, 7) is 11.7. The van der Waals surface area contributed by atoms with Crippen LogP contribution in [0.3, 0.4) is 0 Å². The third kappa shape index (κ3) is 69.5. The lowest BCUT2D eigenvalue weighted by Gasteiger charge is -2.30. The van der Waals surface area contributed by atoms with Crippen molar-refractivity contribution in [3.05, 3.63) is 60.3 Å². The Kier molecular flexibility index (Phi) is 79.0. The molecule has 0 radical (unpaired) electrons. The molecule has 0 heteroatoms. The first-order valence-corrected chi connectivity index (χ1v) is 43.1. The molecule has 0 aromatic heterocycles. The van der Waals surface area contributed by atoms with E-state index in [0.717, 1.165) is 0 Å². The summed E-state index contributed by atoms with van der Waals surface area (Å²) in [5, 5.41) is 0. The maximum Gasteiger partial charge on any atom is 0.0311 e. The number of hydrogen-bond acceptors (Lipinski definition) is 0. The van der Waals surface area contributed by atoms with Gasteiger partial charge in [0.2, 0.25) is 0 Å². The molecule has 0 amide bonds. The van der Waals surface area contributed by atoms with Gasteiger partial charge in [0.05, 0.1) is 0 Å². The maximum absolute atomic E-state index is 2.76. The first-order valence-electron chi connectivity index (χ1n) is 43.1. The summed E-state index contributed by atoms with van der Waals surface area (Å²) in [4.78, 5) is 0. The van der Waals surface area contributed by atoms with Crippen molar-refractivity contribution < 1.29 is 0 Å². The highest BCUT2D eigenvalue weighted by molar-refractivity contribution is 5.39. The van der Waals surface area contributed by atoms with E-state index in [0.29, 0.717) is 0 Å². The van der Waals surface area contributed by atoms with Gasteiger partial charge in [0, 0.05) is 5.41 Å². The predicted molar refractivity (Wildman–Crippen MR) is 417 cm³/mol. The molecule has 0 rings (SSSR count). The van der Waals surface area contributed by atoms with Crippen LogP contribution in [0.2, 0.25) is 0 Å². The first kappa shape index (κ1) is 88.7. The fourth-order valence-electron chi connectivity index (χ4n) is 14.3. The molecular weight excluding hydrogens is 1080 g/mol. The lowest BCUT2D eigenvalue weighted by Crippen LogP contribution is -2.18. The smallest absolute Gasteiger partial charge is 0.0311 e. The second kappa shape index (κ2) is 80.1. The molecule has 0 nitrogen and oxygen atoms in total. The average Bonchev–Trinajstić information content (AvgIpc) is 2.44. The van der Waals surface area contributed by atoms with E-state index in [4.69, 9.17) is 0 Å². The fourth-order valence-corrected chi connectivity index (χ4v) is 14.3. The van der Waals surface area contributed by atoms with E-state index in [1.165, 1.54) is 475 Å². The molecule has 532 valence electrons. The molecule has 0 saturated carbocycles. The van der Waals surface area contributed by atoms with Gasteiger partial charge in [0.25, 0.3) is 0 Å². The summed E-state index contributed by atoms with van der Waals surface area (Å²) in [6.07, 6.45) is 129. The number of unbranched alkanes of at least 4 members (excludes halogenated alkanes) is 68. The van der Waals surface area contributed by atoms with E-state index in [-0.39, 0.29) is 5.41 Å². The van der Waals surface area contributed by atoms with Crippen molar-refractivity contribution in [2.24, 2.45) is 5.41 Å². The van der Waals surface area contributed by atoms with Gasteiger partial charge >= 0.3 is 0 Å². The predicted octanol–water partition coefficient (Wildman–Crippen LogP) is 34.1. The molecular formula is C90H172. The zero-order valence-electron chi connectivity index (χ0n) is 63.5. The number of allylic oxidation sites excluding steroid dienone is 10. The molecule has 0 aromatic carbocycles. The lowest BCUT2D eigenvalue weighted by molar-refractivity contribution is 0.477. The van der Waals surface area contributed by atoms with Crippen molar-refractivity contribution in [3.8, 4) is 0 Å². The summed E-state index contributed by atoms with van der Waals surface area (Å²) in [5.74, 6) is 0. The minimum Gasteiger partial charge on any atom is -0.0873 e. The molecule has 0 spiro atoms. The second-order valence-corrected chi connectivity index (χ2v) is 29.8. The Labute approximate surface area is 572 Å². The highest BCUT2D eigenvalue weighted by Crippen LogP contribution is 2.40. The number of hydrogen-bond donors (Lipinski definition) is 0. The second-order valence-electron chi connectivity index (χ2n) is 29.8. The topological polar surface area (TPSA) is 0 Å². The summed E-state index contributed by atoms with van der Waals surface area (Å²) >= 11 is 0. The van der Waals surface area contributed by atoms with Gasteiger partial charge in [-0.15, -0.1) is 0 Å². The van der Waals surface area contributed by atoms with Crippen LogP contribution in [0.1, 0.15) is 510 Å². The molecule has 0 N–H and O–H groups in total. The van der Waals surface area contributed by atoms with Crippen molar-refractivity contribution in [1.82, 2.24) is 0 Å². The highest BCUT2D eigenvalue weighted by atomic mass is 14.3. The van der Waals surface area contributed by atoms with E-state index < -0.39 is 0 Å². The summed E-state index contributed by atoms with van der Waals surface area (Å²) in [7, 11) is 0. The van der Waals surface area contributed by atoms with Crippen LogP contribution >= 0.6 is 0 Å². The normalized spacial score (nSPS) is 13.1. The van der Waals surface area contributed by atoms with Crippen molar-refractivity contribution in [3.63, 3.8) is 0 Å².